The van der Waals surface area contributed by atoms with E-state index in [2.05, 4.69) is 10.3 Å². The highest BCUT2D eigenvalue weighted by Gasteiger charge is 1.97. The van der Waals surface area contributed by atoms with Gasteiger partial charge < -0.3 is 15.0 Å². The van der Waals surface area contributed by atoms with Gasteiger partial charge in [0.2, 0.25) is 0 Å². The van der Waals surface area contributed by atoms with Crippen molar-refractivity contribution in [3.63, 3.8) is 0 Å². The fraction of sp³-hybridized carbons (Fsp3) is 0.429. The highest BCUT2D eigenvalue weighted by atomic mass is 16.4. The Labute approximate surface area is 70.0 Å². The van der Waals surface area contributed by atoms with E-state index in [0.29, 0.717) is 6.54 Å². The van der Waals surface area contributed by atoms with E-state index in [0.717, 1.165) is 5.69 Å². The van der Waals surface area contributed by atoms with Gasteiger partial charge in [-0.2, -0.15) is 0 Å². The largest absolute Gasteiger partial charge is 0.480 e. The van der Waals surface area contributed by atoms with Gasteiger partial charge >= 0.3 is 5.97 Å². The predicted octanol–water partition coefficient (Wildman–Crippen LogP) is -0.406. The van der Waals surface area contributed by atoms with Crippen LogP contribution in [0.15, 0.2) is 12.5 Å². The second kappa shape index (κ2) is 3.87. The smallest absolute Gasteiger partial charge is 0.317 e. The second-order valence-electron chi connectivity index (χ2n) is 2.53. The molecule has 0 aliphatic rings. The summed E-state index contributed by atoms with van der Waals surface area (Å²) in [6.45, 7) is 0.462. The molecular formula is C7H11N3O2. The van der Waals surface area contributed by atoms with Gasteiger partial charge in [0.1, 0.15) is 0 Å². The lowest BCUT2D eigenvalue weighted by molar-refractivity contribution is -0.135. The molecule has 1 aromatic heterocycles. The maximum atomic E-state index is 10.1. The first-order valence-corrected chi connectivity index (χ1v) is 3.58. The zero-order chi connectivity index (χ0) is 8.97. The van der Waals surface area contributed by atoms with Crippen LogP contribution in [-0.4, -0.2) is 27.2 Å². The molecule has 0 bridgehead atoms. The first kappa shape index (κ1) is 8.73. The molecule has 1 rings (SSSR count). The van der Waals surface area contributed by atoms with Crippen LogP contribution in [0, 0.1) is 0 Å². The van der Waals surface area contributed by atoms with E-state index in [9.17, 15) is 4.79 Å². The monoisotopic (exact) mass is 169 g/mol. The van der Waals surface area contributed by atoms with Crippen molar-refractivity contribution in [3.05, 3.63) is 18.2 Å². The summed E-state index contributed by atoms with van der Waals surface area (Å²) in [5.74, 6) is -0.856. The quantitative estimate of drug-likeness (QED) is 0.643. The van der Waals surface area contributed by atoms with Crippen molar-refractivity contribution in [2.45, 2.75) is 6.54 Å². The molecule has 0 atom stereocenters. The molecule has 0 saturated carbocycles. The topological polar surface area (TPSA) is 67.2 Å². The Morgan fingerprint density at radius 3 is 3.08 bits per heavy atom. The summed E-state index contributed by atoms with van der Waals surface area (Å²) in [4.78, 5) is 14.1. The van der Waals surface area contributed by atoms with Gasteiger partial charge in [-0.3, -0.25) is 4.79 Å². The maximum Gasteiger partial charge on any atom is 0.317 e. The van der Waals surface area contributed by atoms with Crippen LogP contribution in [0.5, 0.6) is 0 Å². The number of rotatable bonds is 4. The molecule has 5 nitrogen and oxygen atoms in total. The Morgan fingerprint density at radius 2 is 2.58 bits per heavy atom. The van der Waals surface area contributed by atoms with Crippen molar-refractivity contribution in [1.82, 2.24) is 14.9 Å². The Bertz CT molecular complexity index is 269. The van der Waals surface area contributed by atoms with E-state index in [1.165, 1.54) is 0 Å². The molecule has 66 valence electrons. The number of carboxylic acid groups (broad SMARTS) is 1. The minimum absolute atomic E-state index is 0.0312. The minimum Gasteiger partial charge on any atom is -0.480 e. The molecule has 0 unspecified atom stereocenters. The highest BCUT2D eigenvalue weighted by Crippen LogP contribution is 1.91. The van der Waals surface area contributed by atoms with Crippen molar-refractivity contribution < 1.29 is 9.90 Å². The first-order chi connectivity index (χ1) is 5.68. The molecule has 0 spiro atoms. The van der Waals surface area contributed by atoms with Gasteiger partial charge in [0.05, 0.1) is 18.6 Å². The summed E-state index contributed by atoms with van der Waals surface area (Å²) in [5, 5.41) is 11.0. The number of aromatic nitrogens is 2. The number of aliphatic carboxylic acids is 1. The minimum atomic E-state index is -0.856. The number of aryl methyl sites for hydroxylation is 1. The molecule has 0 aliphatic carbocycles. The molecule has 0 fully saturated rings. The third-order valence-corrected chi connectivity index (χ3v) is 1.34. The van der Waals surface area contributed by atoms with Gasteiger partial charge in [0, 0.05) is 19.8 Å². The molecule has 1 aromatic rings. The molecule has 0 saturated heterocycles. The van der Waals surface area contributed by atoms with Crippen LogP contribution >= 0.6 is 0 Å². The summed E-state index contributed by atoms with van der Waals surface area (Å²) in [7, 11) is 1.87. The lowest BCUT2D eigenvalue weighted by Crippen LogP contribution is -2.21. The Hall–Kier alpha value is -1.36. The number of carbonyl (C=O) groups is 1. The number of imidazole rings is 1. The fourth-order valence-corrected chi connectivity index (χ4v) is 0.856. The van der Waals surface area contributed by atoms with E-state index < -0.39 is 5.97 Å². The van der Waals surface area contributed by atoms with Gasteiger partial charge in [-0.15, -0.1) is 0 Å². The van der Waals surface area contributed by atoms with E-state index >= 15 is 0 Å². The fourth-order valence-electron chi connectivity index (χ4n) is 0.856. The van der Waals surface area contributed by atoms with Crippen LogP contribution < -0.4 is 5.32 Å². The molecule has 5 heteroatoms. The molecule has 0 amide bonds. The Balaban J connectivity index is 2.29. The number of hydrogen-bond acceptors (Lipinski definition) is 3. The third-order valence-electron chi connectivity index (χ3n) is 1.34. The third kappa shape index (κ3) is 2.71. The summed E-state index contributed by atoms with van der Waals surface area (Å²) in [6, 6.07) is 0. The lowest BCUT2D eigenvalue weighted by atomic mass is 10.4. The SMILES string of the molecule is Cn1cnc(CNCC(=O)O)c1. The van der Waals surface area contributed by atoms with Gasteiger partial charge in [-0.05, 0) is 0 Å². The molecule has 12 heavy (non-hydrogen) atoms. The van der Waals surface area contributed by atoms with Crippen molar-refractivity contribution in [3.8, 4) is 0 Å². The number of nitrogens with zero attached hydrogens (tertiary/aromatic N) is 2. The average molecular weight is 169 g/mol. The molecule has 0 radical (unpaired) electrons. The molecular weight excluding hydrogens is 158 g/mol. The highest BCUT2D eigenvalue weighted by molar-refractivity contribution is 5.68. The van der Waals surface area contributed by atoms with E-state index in [4.69, 9.17) is 5.11 Å². The maximum absolute atomic E-state index is 10.1. The first-order valence-electron chi connectivity index (χ1n) is 3.58. The van der Waals surface area contributed by atoms with Crippen LogP contribution in [0.25, 0.3) is 0 Å². The van der Waals surface area contributed by atoms with Crippen molar-refractivity contribution >= 4 is 5.97 Å². The molecule has 1 heterocycles. The summed E-state index contributed by atoms with van der Waals surface area (Å²) in [5.41, 5.74) is 0.846. The van der Waals surface area contributed by atoms with Crippen molar-refractivity contribution in [1.29, 1.82) is 0 Å². The van der Waals surface area contributed by atoms with Crippen LogP contribution in [0.1, 0.15) is 5.69 Å². The Morgan fingerprint density at radius 1 is 1.83 bits per heavy atom. The molecule has 2 N–H and O–H groups in total. The van der Waals surface area contributed by atoms with Crippen LogP contribution in [0.4, 0.5) is 0 Å². The second-order valence-corrected chi connectivity index (χ2v) is 2.53. The molecule has 0 aliphatic heterocycles. The van der Waals surface area contributed by atoms with Crippen molar-refractivity contribution in [2.24, 2.45) is 7.05 Å². The van der Waals surface area contributed by atoms with Gasteiger partial charge in [-0.25, -0.2) is 4.98 Å². The zero-order valence-corrected chi connectivity index (χ0v) is 6.82. The summed E-state index contributed by atoms with van der Waals surface area (Å²) in [6.07, 6.45) is 3.52. The summed E-state index contributed by atoms with van der Waals surface area (Å²) >= 11 is 0. The standard InChI is InChI=1S/C7H11N3O2/c1-10-4-6(9-5-10)2-8-3-7(11)12/h4-5,8H,2-3H2,1H3,(H,11,12). The van der Waals surface area contributed by atoms with Crippen LogP contribution in [0.2, 0.25) is 0 Å². The lowest BCUT2D eigenvalue weighted by Gasteiger charge is -1.96. The summed E-state index contributed by atoms with van der Waals surface area (Å²) < 4.78 is 1.82. The number of hydrogen-bond donors (Lipinski definition) is 2. The van der Waals surface area contributed by atoms with Gasteiger partial charge in [0.25, 0.3) is 0 Å². The van der Waals surface area contributed by atoms with Gasteiger partial charge in [-0.1, -0.05) is 0 Å². The van der Waals surface area contributed by atoms with Gasteiger partial charge in [0.15, 0.2) is 0 Å². The van der Waals surface area contributed by atoms with Crippen LogP contribution in [0.3, 0.4) is 0 Å². The number of nitrogens with one attached hydrogen (secondary N) is 1. The van der Waals surface area contributed by atoms with E-state index in [1.807, 2.05) is 17.8 Å². The van der Waals surface area contributed by atoms with E-state index in [1.54, 1.807) is 6.33 Å². The van der Waals surface area contributed by atoms with Crippen LogP contribution in [-0.2, 0) is 18.4 Å². The van der Waals surface area contributed by atoms with E-state index in [-0.39, 0.29) is 6.54 Å². The Kier molecular flexibility index (Phi) is 2.82. The zero-order valence-electron chi connectivity index (χ0n) is 6.82. The average Bonchev–Trinajstić information content (AvgIpc) is 2.35. The number of carboxylic acids is 1. The van der Waals surface area contributed by atoms with Crippen molar-refractivity contribution in [2.75, 3.05) is 6.54 Å². The molecule has 0 aromatic carbocycles. The normalized spacial score (nSPS) is 10.1. The predicted molar refractivity (Wildman–Crippen MR) is 42.6 cm³/mol.